The Kier molecular flexibility index (Phi) is 4.57. The third-order valence-electron chi connectivity index (χ3n) is 1.84. The van der Waals surface area contributed by atoms with Crippen molar-refractivity contribution in [1.29, 1.82) is 0 Å². The molecule has 5 N–H and O–H groups in total. The minimum Gasteiger partial charge on any atom is -0.397 e. The van der Waals surface area contributed by atoms with Gasteiger partial charge >= 0.3 is 0 Å². The first kappa shape index (κ1) is 12.8. The number of amides is 1. The summed E-state index contributed by atoms with van der Waals surface area (Å²) in [5, 5.41) is 3.95. The van der Waals surface area contributed by atoms with E-state index < -0.39 is 5.91 Å². The van der Waals surface area contributed by atoms with Crippen molar-refractivity contribution in [3.8, 4) is 0 Å². The van der Waals surface area contributed by atoms with Crippen LogP contribution in [0.4, 0.5) is 10.7 Å². The number of carbonyl (C=O) groups excluding carboxylic acids is 1. The van der Waals surface area contributed by atoms with Crippen molar-refractivity contribution >= 4 is 27.9 Å². The topological polar surface area (TPSA) is 90.4 Å². The van der Waals surface area contributed by atoms with Crippen molar-refractivity contribution in [3.05, 3.63) is 10.9 Å². The van der Waals surface area contributed by atoms with Gasteiger partial charge in [-0.3, -0.25) is 4.79 Å². The van der Waals surface area contributed by atoms with Crippen molar-refractivity contribution in [3.63, 3.8) is 0 Å². The largest absolute Gasteiger partial charge is 0.397 e. The molecule has 6 heteroatoms. The van der Waals surface area contributed by atoms with E-state index in [2.05, 4.69) is 5.32 Å². The first-order valence-corrected chi connectivity index (χ1v) is 5.87. The van der Waals surface area contributed by atoms with Gasteiger partial charge in [0.2, 0.25) is 0 Å². The van der Waals surface area contributed by atoms with Gasteiger partial charge in [0.1, 0.15) is 4.88 Å². The first-order chi connectivity index (χ1) is 7.50. The average Bonchev–Trinajstić information content (AvgIpc) is 2.54. The smallest absolute Gasteiger partial charge is 0.260 e. The molecule has 1 aromatic heterocycles. The Balaban J connectivity index is 2.43. The van der Waals surface area contributed by atoms with E-state index in [1.165, 1.54) is 11.3 Å². The molecule has 1 heterocycles. The fraction of sp³-hybridized carbons (Fsp3) is 0.500. The second-order valence-electron chi connectivity index (χ2n) is 3.61. The van der Waals surface area contributed by atoms with Gasteiger partial charge in [-0.25, -0.2) is 0 Å². The molecule has 0 saturated carbocycles. The molecule has 0 bridgehead atoms. The predicted molar refractivity (Wildman–Crippen MR) is 66.8 cm³/mol. The number of hydrogen-bond acceptors (Lipinski definition) is 5. The zero-order chi connectivity index (χ0) is 12.1. The predicted octanol–water partition coefficient (Wildman–Crippen LogP) is 1.27. The maximum absolute atomic E-state index is 11.0. The minimum absolute atomic E-state index is 0.219. The van der Waals surface area contributed by atoms with E-state index in [0.29, 0.717) is 23.7 Å². The Morgan fingerprint density at radius 2 is 2.31 bits per heavy atom. The lowest BCUT2D eigenvalue weighted by atomic mass is 10.4. The second-order valence-corrected chi connectivity index (χ2v) is 4.66. The van der Waals surface area contributed by atoms with E-state index >= 15 is 0 Å². The fourth-order valence-corrected chi connectivity index (χ4v) is 2.01. The van der Waals surface area contributed by atoms with Crippen molar-refractivity contribution in [2.75, 3.05) is 24.2 Å². The lowest BCUT2D eigenvalue weighted by molar-refractivity contribution is 0.0871. The van der Waals surface area contributed by atoms with Crippen molar-refractivity contribution < 1.29 is 9.53 Å². The summed E-state index contributed by atoms with van der Waals surface area (Å²) in [5.41, 5.74) is 11.2. The Hall–Kier alpha value is -1.27. The number of thiophene rings is 1. The molecule has 5 nitrogen and oxygen atoms in total. The molecule has 0 unspecified atom stereocenters. The van der Waals surface area contributed by atoms with Gasteiger partial charge in [-0.15, -0.1) is 11.3 Å². The van der Waals surface area contributed by atoms with E-state index in [-0.39, 0.29) is 6.10 Å². The molecule has 0 saturated heterocycles. The van der Waals surface area contributed by atoms with E-state index in [9.17, 15) is 4.79 Å². The Bertz CT molecular complexity index is 363. The Labute approximate surface area is 98.8 Å². The van der Waals surface area contributed by atoms with Crippen LogP contribution >= 0.6 is 11.3 Å². The molecule has 1 aromatic rings. The number of nitrogen functional groups attached to an aromatic ring is 1. The number of carbonyl (C=O) groups is 1. The van der Waals surface area contributed by atoms with Crippen LogP contribution in [0.1, 0.15) is 23.5 Å². The number of rotatable bonds is 6. The third-order valence-corrected chi connectivity index (χ3v) is 2.96. The monoisotopic (exact) mass is 243 g/mol. The van der Waals surface area contributed by atoms with E-state index in [1.54, 1.807) is 6.07 Å². The molecule has 0 atom stereocenters. The van der Waals surface area contributed by atoms with Crippen LogP contribution in [0.3, 0.4) is 0 Å². The molecule has 0 aliphatic carbocycles. The van der Waals surface area contributed by atoms with Crippen LogP contribution in [0.5, 0.6) is 0 Å². The van der Waals surface area contributed by atoms with Crippen LogP contribution in [-0.2, 0) is 4.74 Å². The molecule has 0 fully saturated rings. The zero-order valence-electron chi connectivity index (χ0n) is 9.45. The number of ether oxygens (including phenoxy) is 1. The van der Waals surface area contributed by atoms with Gasteiger partial charge in [0.05, 0.1) is 23.4 Å². The van der Waals surface area contributed by atoms with Crippen molar-refractivity contribution in [1.82, 2.24) is 0 Å². The molecule has 0 aliphatic rings. The van der Waals surface area contributed by atoms with E-state index in [4.69, 9.17) is 16.2 Å². The number of hydrogen-bond donors (Lipinski definition) is 3. The molecule has 0 spiro atoms. The summed E-state index contributed by atoms with van der Waals surface area (Å²) >= 11 is 1.26. The number of nitrogens with two attached hydrogens (primary N) is 2. The molecule has 0 radical (unpaired) electrons. The number of anilines is 2. The van der Waals surface area contributed by atoms with Gasteiger partial charge in [-0.2, -0.15) is 0 Å². The Morgan fingerprint density at radius 3 is 2.81 bits per heavy atom. The molecular formula is C10H17N3O2S. The lowest BCUT2D eigenvalue weighted by Gasteiger charge is -2.07. The molecule has 0 aromatic carbocycles. The Morgan fingerprint density at radius 1 is 1.62 bits per heavy atom. The summed E-state index contributed by atoms with van der Waals surface area (Å²) < 4.78 is 5.37. The highest BCUT2D eigenvalue weighted by atomic mass is 32.1. The standard InChI is InChI=1S/C10H17N3O2S/c1-6(2)15-4-3-13-8-5-7(11)9(16-8)10(12)14/h5-6,13H,3-4,11H2,1-2H3,(H2,12,14). The van der Waals surface area contributed by atoms with E-state index in [1.807, 2.05) is 13.8 Å². The summed E-state index contributed by atoms with van der Waals surface area (Å²) in [5.74, 6) is -0.492. The SMILES string of the molecule is CC(C)OCCNc1cc(N)c(C(N)=O)s1. The molecule has 16 heavy (non-hydrogen) atoms. The summed E-state index contributed by atoms with van der Waals surface area (Å²) in [6.07, 6.45) is 0.219. The normalized spacial score (nSPS) is 10.7. The van der Waals surface area contributed by atoms with Crippen LogP contribution < -0.4 is 16.8 Å². The molecule has 1 rings (SSSR count). The van der Waals surface area contributed by atoms with Crippen LogP contribution in [0.15, 0.2) is 6.07 Å². The summed E-state index contributed by atoms with van der Waals surface area (Å²) in [6, 6.07) is 1.71. The molecule has 90 valence electrons. The maximum Gasteiger partial charge on any atom is 0.260 e. The molecular weight excluding hydrogens is 226 g/mol. The fourth-order valence-electron chi connectivity index (χ4n) is 1.15. The summed E-state index contributed by atoms with van der Waals surface area (Å²) in [6.45, 7) is 5.25. The summed E-state index contributed by atoms with van der Waals surface area (Å²) in [7, 11) is 0. The van der Waals surface area contributed by atoms with Crippen LogP contribution in [-0.4, -0.2) is 25.2 Å². The van der Waals surface area contributed by atoms with Crippen molar-refractivity contribution in [2.45, 2.75) is 20.0 Å². The molecule has 0 aliphatic heterocycles. The zero-order valence-corrected chi connectivity index (χ0v) is 10.3. The van der Waals surface area contributed by atoms with E-state index in [0.717, 1.165) is 5.00 Å². The third kappa shape index (κ3) is 3.71. The maximum atomic E-state index is 11.0. The first-order valence-electron chi connectivity index (χ1n) is 5.05. The lowest BCUT2D eigenvalue weighted by Crippen LogP contribution is -2.12. The van der Waals surface area contributed by atoms with Gasteiger partial charge in [0.15, 0.2) is 0 Å². The van der Waals surface area contributed by atoms with Gasteiger partial charge in [-0.1, -0.05) is 0 Å². The van der Waals surface area contributed by atoms with Gasteiger partial charge in [0, 0.05) is 6.54 Å². The van der Waals surface area contributed by atoms with Gasteiger partial charge in [0.25, 0.3) is 5.91 Å². The second kappa shape index (κ2) is 5.72. The highest BCUT2D eigenvalue weighted by molar-refractivity contribution is 7.18. The van der Waals surface area contributed by atoms with Gasteiger partial charge < -0.3 is 21.5 Å². The summed E-state index contributed by atoms with van der Waals surface area (Å²) in [4.78, 5) is 11.4. The average molecular weight is 243 g/mol. The van der Waals surface area contributed by atoms with Crippen LogP contribution in [0.2, 0.25) is 0 Å². The highest BCUT2D eigenvalue weighted by Crippen LogP contribution is 2.28. The quantitative estimate of drug-likeness (QED) is 0.656. The van der Waals surface area contributed by atoms with Crippen LogP contribution in [0, 0.1) is 0 Å². The number of nitrogens with one attached hydrogen (secondary N) is 1. The van der Waals surface area contributed by atoms with Crippen LogP contribution in [0.25, 0.3) is 0 Å². The highest BCUT2D eigenvalue weighted by Gasteiger charge is 2.10. The minimum atomic E-state index is -0.492. The number of primary amides is 1. The van der Waals surface area contributed by atoms with Gasteiger partial charge in [-0.05, 0) is 19.9 Å². The molecule has 1 amide bonds. The van der Waals surface area contributed by atoms with Crippen molar-refractivity contribution in [2.24, 2.45) is 5.73 Å².